The van der Waals surface area contributed by atoms with Crippen molar-refractivity contribution in [2.45, 2.75) is 6.18 Å². The van der Waals surface area contributed by atoms with Crippen LogP contribution in [-0.4, -0.2) is 16.3 Å². The van der Waals surface area contributed by atoms with Crippen LogP contribution in [0.2, 0.25) is 0 Å². The molecule has 0 radical (unpaired) electrons. The van der Waals surface area contributed by atoms with Crippen LogP contribution in [0, 0.1) is 30.7 Å². The second-order valence-corrected chi connectivity index (χ2v) is 7.00. The summed E-state index contributed by atoms with van der Waals surface area (Å²) in [6.45, 7) is 1.68. The Bertz CT molecular complexity index is 1290. The fraction of sp³-hybridized carbons (Fsp3) is 0.0400. The molecule has 0 amide bonds. The van der Waals surface area contributed by atoms with E-state index in [-0.39, 0.29) is 26.6 Å². The third-order valence-corrected chi connectivity index (χ3v) is 4.63. The SMILES string of the molecule is FC(F)(F)c1c[c-]c(N2[CH-]N(c3ccccc3)C=N2)cc1.Fc1c[c-]c(-c2ccccn2)c(F)n1.[Pt]. The molecule has 0 unspecified atom stereocenters. The van der Waals surface area contributed by atoms with Crippen molar-refractivity contribution in [3.05, 3.63) is 115 Å². The van der Waals surface area contributed by atoms with Crippen LogP contribution in [0.1, 0.15) is 5.56 Å². The molecule has 5 rings (SSSR count). The number of rotatable bonds is 3. The number of hydrogen-bond donors (Lipinski definition) is 0. The van der Waals surface area contributed by atoms with Gasteiger partial charge in [-0.15, -0.1) is 18.8 Å². The Hall–Kier alpha value is -3.65. The van der Waals surface area contributed by atoms with Crippen LogP contribution in [0.3, 0.4) is 0 Å². The summed E-state index contributed by atoms with van der Waals surface area (Å²) in [5.41, 5.74) is 1.09. The Kier molecular flexibility index (Phi) is 8.87. The van der Waals surface area contributed by atoms with Gasteiger partial charge in [0.25, 0.3) is 0 Å². The normalized spacial score (nSPS) is 12.6. The molecular formula is C25H15F5N5Pt-3. The standard InChI is InChI=1S/C15H10F3N3.C10H5F2N2.Pt/c16-15(17,18)12-6-8-14(9-7-12)21-11-20(10-19-21)13-4-2-1-3-5-13;11-9-5-4-7(10(12)14-9)8-3-1-2-6-13-8;/h1-8,10-11H;1-3,5-6H;/q-2;-1;. The van der Waals surface area contributed by atoms with E-state index in [0.29, 0.717) is 11.4 Å². The van der Waals surface area contributed by atoms with Gasteiger partial charge in [-0.1, -0.05) is 53.2 Å². The first-order valence-corrected chi connectivity index (χ1v) is 10.1. The predicted molar refractivity (Wildman–Crippen MR) is 121 cm³/mol. The second-order valence-electron chi connectivity index (χ2n) is 7.00. The minimum Gasteiger partial charge on any atom is -0.463 e. The third-order valence-electron chi connectivity index (χ3n) is 4.63. The average Bonchev–Trinajstić information content (AvgIpc) is 3.36. The summed E-state index contributed by atoms with van der Waals surface area (Å²) in [5, 5.41) is 5.59. The first-order valence-electron chi connectivity index (χ1n) is 10.1. The molecule has 36 heavy (non-hydrogen) atoms. The Labute approximate surface area is 218 Å². The number of halogens is 5. The molecule has 5 nitrogen and oxygen atoms in total. The molecule has 4 aromatic rings. The molecule has 11 heteroatoms. The summed E-state index contributed by atoms with van der Waals surface area (Å²) in [6.07, 6.45) is -1.25. The summed E-state index contributed by atoms with van der Waals surface area (Å²) < 4.78 is 63.1. The van der Waals surface area contributed by atoms with Gasteiger partial charge in [0.05, 0.1) is 6.34 Å². The molecule has 2 aromatic heterocycles. The van der Waals surface area contributed by atoms with Crippen molar-refractivity contribution >= 4 is 17.7 Å². The van der Waals surface area contributed by atoms with E-state index in [9.17, 15) is 22.0 Å². The van der Waals surface area contributed by atoms with Crippen molar-refractivity contribution in [3.63, 3.8) is 0 Å². The molecule has 1 aliphatic rings. The first kappa shape index (κ1) is 26.9. The number of alkyl halides is 3. The van der Waals surface area contributed by atoms with E-state index in [1.807, 2.05) is 30.3 Å². The van der Waals surface area contributed by atoms with Crippen LogP contribution in [0.25, 0.3) is 11.3 Å². The molecule has 0 spiro atoms. The van der Waals surface area contributed by atoms with Crippen molar-refractivity contribution in [2.24, 2.45) is 5.10 Å². The van der Waals surface area contributed by atoms with E-state index < -0.39 is 23.6 Å². The molecule has 3 heterocycles. The fourth-order valence-electron chi connectivity index (χ4n) is 2.95. The number of hydrazone groups is 1. The molecule has 188 valence electrons. The number of para-hydroxylation sites is 1. The fourth-order valence-corrected chi connectivity index (χ4v) is 2.95. The number of benzene rings is 2. The maximum Gasteiger partial charge on any atom is 0.370 e. The van der Waals surface area contributed by atoms with Crippen LogP contribution in [0.4, 0.5) is 33.3 Å². The zero-order valence-electron chi connectivity index (χ0n) is 18.1. The smallest absolute Gasteiger partial charge is 0.370 e. The molecule has 0 atom stereocenters. The summed E-state index contributed by atoms with van der Waals surface area (Å²) in [7, 11) is 0. The molecule has 0 saturated heterocycles. The van der Waals surface area contributed by atoms with E-state index in [1.54, 1.807) is 36.1 Å². The van der Waals surface area contributed by atoms with Crippen LogP contribution in [-0.2, 0) is 27.2 Å². The maximum atomic E-state index is 13.1. The Morgan fingerprint density at radius 3 is 2.22 bits per heavy atom. The summed E-state index contributed by atoms with van der Waals surface area (Å²) in [5.74, 6) is -1.79. The van der Waals surface area contributed by atoms with Crippen LogP contribution >= 0.6 is 0 Å². The molecule has 0 aliphatic carbocycles. The second kappa shape index (κ2) is 11.9. The number of aromatic nitrogens is 2. The van der Waals surface area contributed by atoms with Gasteiger partial charge in [0, 0.05) is 32.9 Å². The first-order chi connectivity index (χ1) is 16.8. The van der Waals surface area contributed by atoms with Crippen molar-refractivity contribution in [1.29, 1.82) is 0 Å². The van der Waals surface area contributed by atoms with Gasteiger partial charge in [-0.05, 0) is 23.9 Å². The van der Waals surface area contributed by atoms with Crippen LogP contribution < -0.4 is 9.91 Å². The molecule has 0 fully saturated rings. The summed E-state index contributed by atoms with van der Waals surface area (Å²) in [6, 6.07) is 23.8. The number of hydrogen-bond acceptors (Lipinski definition) is 5. The van der Waals surface area contributed by atoms with Gasteiger partial charge in [-0.2, -0.15) is 36.5 Å². The van der Waals surface area contributed by atoms with E-state index in [1.165, 1.54) is 17.3 Å². The van der Waals surface area contributed by atoms with Crippen molar-refractivity contribution in [2.75, 3.05) is 9.91 Å². The van der Waals surface area contributed by atoms with Gasteiger partial charge in [0.1, 0.15) is 11.9 Å². The minimum absolute atomic E-state index is 0. The zero-order valence-corrected chi connectivity index (χ0v) is 20.4. The van der Waals surface area contributed by atoms with Crippen LogP contribution in [0.5, 0.6) is 0 Å². The van der Waals surface area contributed by atoms with Crippen molar-refractivity contribution < 1.29 is 43.0 Å². The van der Waals surface area contributed by atoms with Gasteiger partial charge in [0.15, 0.2) is 0 Å². The molecule has 0 bridgehead atoms. The van der Waals surface area contributed by atoms with Gasteiger partial charge < -0.3 is 14.9 Å². The summed E-state index contributed by atoms with van der Waals surface area (Å²) >= 11 is 0. The van der Waals surface area contributed by atoms with E-state index in [0.717, 1.165) is 23.9 Å². The van der Waals surface area contributed by atoms with Gasteiger partial charge in [0.2, 0.25) is 0 Å². The number of pyridine rings is 2. The van der Waals surface area contributed by atoms with Crippen LogP contribution in [0.15, 0.2) is 84.1 Å². The van der Waals surface area contributed by atoms with Crippen molar-refractivity contribution in [1.82, 2.24) is 9.97 Å². The molecular weight excluding hydrogens is 660 g/mol. The molecule has 0 N–H and O–H groups in total. The summed E-state index contributed by atoms with van der Waals surface area (Å²) in [4.78, 5) is 8.72. The van der Waals surface area contributed by atoms with Gasteiger partial charge in [-0.25, -0.2) is 8.78 Å². The Balaban J connectivity index is 0.000000210. The van der Waals surface area contributed by atoms with Crippen molar-refractivity contribution in [3.8, 4) is 11.3 Å². The number of anilines is 2. The molecule has 0 saturated carbocycles. The average molecular weight is 675 g/mol. The van der Waals surface area contributed by atoms with Gasteiger partial charge >= 0.3 is 6.18 Å². The zero-order chi connectivity index (χ0) is 24.8. The number of nitrogens with zero attached hydrogens (tertiary/aromatic N) is 5. The van der Waals surface area contributed by atoms with E-state index >= 15 is 0 Å². The predicted octanol–water partition coefficient (Wildman–Crippen LogP) is 6.11. The van der Waals surface area contributed by atoms with Gasteiger partial charge in [-0.3, -0.25) is 4.98 Å². The maximum absolute atomic E-state index is 13.1. The van der Waals surface area contributed by atoms with E-state index in [4.69, 9.17) is 0 Å². The Morgan fingerprint density at radius 2 is 1.61 bits per heavy atom. The minimum atomic E-state index is -4.36. The Morgan fingerprint density at radius 1 is 0.861 bits per heavy atom. The quantitative estimate of drug-likeness (QED) is 0.149. The molecule has 2 aromatic carbocycles. The topological polar surface area (TPSA) is 44.6 Å². The monoisotopic (exact) mass is 675 g/mol. The molecule has 1 aliphatic heterocycles. The van der Waals surface area contributed by atoms with E-state index in [2.05, 4.69) is 27.2 Å². The largest absolute Gasteiger partial charge is 0.463 e. The third kappa shape index (κ3) is 6.72.